The molecule has 1 aliphatic heterocycles. The standard InChI is InChI=1S/C16H22N4O2S.ClH/c1-9-10(2)23-16-14(9)15(22)18-12(19-16)5-6-13(21)20-7-3-4-11(17)8-20;/h11H,3-8,17H2,1-2H3,(H,18,19,22);1H. The molecular weight excluding hydrogens is 348 g/mol. The number of carbonyl (C=O) groups is 1. The minimum absolute atomic E-state index is 0. The lowest BCUT2D eigenvalue weighted by atomic mass is 10.1. The van der Waals surface area contributed by atoms with Crippen molar-refractivity contribution in [3.63, 3.8) is 0 Å². The van der Waals surface area contributed by atoms with E-state index in [1.165, 1.54) is 11.3 Å². The monoisotopic (exact) mass is 370 g/mol. The third-order valence-corrected chi connectivity index (χ3v) is 5.58. The van der Waals surface area contributed by atoms with Crippen LogP contribution in [-0.2, 0) is 11.2 Å². The molecule has 0 aliphatic carbocycles. The van der Waals surface area contributed by atoms with Gasteiger partial charge in [-0.1, -0.05) is 0 Å². The number of aromatic amines is 1. The van der Waals surface area contributed by atoms with Crippen molar-refractivity contribution in [2.75, 3.05) is 13.1 Å². The number of nitrogens with one attached hydrogen (secondary N) is 1. The largest absolute Gasteiger partial charge is 0.341 e. The van der Waals surface area contributed by atoms with E-state index >= 15 is 0 Å². The van der Waals surface area contributed by atoms with Crippen LogP contribution in [0.5, 0.6) is 0 Å². The van der Waals surface area contributed by atoms with Crippen LogP contribution in [0, 0.1) is 13.8 Å². The molecule has 24 heavy (non-hydrogen) atoms. The van der Waals surface area contributed by atoms with Gasteiger partial charge in [0.05, 0.1) is 5.39 Å². The van der Waals surface area contributed by atoms with Gasteiger partial charge in [0.2, 0.25) is 5.91 Å². The Morgan fingerprint density at radius 1 is 1.46 bits per heavy atom. The highest BCUT2D eigenvalue weighted by Crippen LogP contribution is 2.25. The Balaban J connectivity index is 0.00000208. The van der Waals surface area contributed by atoms with E-state index in [1.54, 1.807) is 0 Å². The quantitative estimate of drug-likeness (QED) is 0.863. The molecule has 1 amide bonds. The van der Waals surface area contributed by atoms with E-state index in [0.29, 0.717) is 30.6 Å². The van der Waals surface area contributed by atoms with Crippen molar-refractivity contribution in [3.05, 3.63) is 26.6 Å². The lowest BCUT2D eigenvalue weighted by Crippen LogP contribution is -2.45. The highest BCUT2D eigenvalue weighted by molar-refractivity contribution is 7.18. The molecule has 0 spiro atoms. The minimum Gasteiger partial charge on any atom is -0.341 e. The molecule has 0 saturated carbocycles. The third kappa shape index (κ3) is 3.79. The molecule has 2 aromatic heterocycles. The molecule has 1 unspecified atom stereocenters. The maximum Gasteiger partial charge on any atom is 0.259 e. The molecule has 1 aliphatic rings. The smallest absolute Gasteiger partial charge is 0.259 e. The van der Waals surface area contributed by atoms with Crippen molar-refractivity contribution in [1.82, 2.24) is 14.9 Å². The molecule has 0 bridgehead atoms. The first-order valence-corrected chi connectivity index (χ1v) is 8.79. The first-order chi connectivity index (χ1) is 11.0. The summed E-state index contributed by atoms with van der Waals surface area (Å²) < 4.78 is 0. The second-order valence-corrected chi connectivity index (χ2v) is 7.42. The molecule has 8 heteroatoms. The van der Waals surface area contributed by atoms with Crippen LogP contribution in [0.15, 0.2) is 4.79 Å². The van der Waals surface area contributed by atoms with Crippen LogP contribution < -0.4 is 11.3 Å². The Labute approximate surface area is 150 Å². The number of halogens is 1. The molecule has 0 radical (unpaired) electrons. The van der Waals surface area contributed by atoms with Gasteiger partial charge in [-0.3, -0.25) is 9.59 Å². The summed E-state index contributed by atoms with van der Waals surface area (Å²) in [5.74, 6) is 0.667. The molecule has 3 rings (SSSR count). The SMILES string of the molecule is Cc1sc2nc(CCC(=O)N3CCCC(N)C3)[nH]c(=O)c2c1C.Cl. The van der Waals surface area contributed by atoms with Crippen molar-refractivity contribution in [2.45, 2.75) is 45.6 Å². The topological polar surface area (TPSA) is 92.1 Å². The Morgan fingerprint density at radius 3 is 2.92 bits per heavy atom. The Bertz CT molecular complexity index is 801. The number of thiophene rings is 1. The first kappa shape index (κ1) is 18.9. The number of H-pyrrole nitrogens is 1. The van der Waals surface area contributed by atoms with Gasteiger partial charge in [-0.2, -0.15) is 0 Å². The fourth-order valence-corrected chi connectivity index (χ4v) is 4.09. The molecule has 3 N–H and O–H groups in total. The van der Waals surface area contributed by atoms with Crippen LogP contribution in [0.1, 0.15) is 35.5 Å². The zero-order valence-electron chi connectivity index (χ0n) is 13.9. The van der Waals surface area contributed by atoms with Crippen molar-refractivity contribution in [2.24, 2.45) is 5.73 Å². The van der Waals surface area contributed by atoms with E-state index in [-0.39, 0.29) is 29.9 Å². The first-order valence-electron chi connectivity index (χ1n) is 7.98. The highest BCUT2D eigenvalue weighted by Gasteiger charge is 2.21. The summed E-state index contributed by atoms with van der Waals surface area (Å²) in [5.41, 5.74) is 6.79. The summed E-state index contributed by atoms with van der Waals surface area (Å²) in [6.45, 7) is 5.34. The fraction of sp³-hybridized carbons (Fsp3) is 0.562. The highest BCUT2D eigenvalue weighted by atomic mass is 35.5. The lowest BCUT2D eigenvalue weighted by Gasteiger charge is -2.30. The number of piperidine rings is 1. The zero-order chi connectivity index (χ0) is 16.6. The number of amides is 1. The molecule has 1 fully saturated rings. The van der Waals surface area contributed by atoms with Gasteiger partial charge >= 0.3 is 0 Å². The molecule has 1 atom stereocenters. The number of fused-ring (bicyclic) bond motifs is 1. The third-order valence-electron chi connectivity index (χ3n) is 4.47. The van der Waals surface area contributed by atoms with Gasteiger partial charge in [0.15, 0.2) is 0 Å². The van der Waals surface area contributed by atoms with Crippen LogP contribution in [0.4, 0.5) is 0 Å². The summed E-state index contributed by atoms with van der Waals surface area (Å²) in [6.07, 6.45) is 2.74. The number of rotatable bonds is 3. The van der Waals surface area contributed by atoms with Crippen LogP contribution in [0.2, 0.25) is 0 Å². The van der Waals surface area contributed by atoms with Crippen molar-refractivity contribution in [3.8, 4) is 0 Å². The number of carbonyl (C=O) groups excluding carboxylic acids is 1. The molecule has 3 heterocycles. The predicted molar refractivity (Wildman–Crippen MR) is 99.1 cm³/mol. The second kappa shape index (κ2) is 7.63. The van der Waals surface area contributed by atoms with E-state index in [9.17, 15) is 9.59 Å². The average molecular weight is 371 g/mol. The molecule has 6 nitrogen and oxygen atoms in total. The number of nitrogens with two attached hydrogens (primary N) is 1. The van der Waals surface area contributed by atoms with Crippen LogP contribution in [0.25, 0.3) is 10.2 Å². The van der Waals surface area contributed by atoms with E-state index < -0.39 is 0 Å². The number of nitrogens with zero attached hydrogens (tertiary/aromatic N) is 2. The number of aromatic nitrogens is 2. The zero-order valence-corrected chi connectivity index (χ0v) is 15.6. The molecule has 0 aromatic carbocycles. The van der Waals surface area contributed by atoms with E-state index in [1.807, 2.05) is 18.7 Å². The van der Waals surface area contributed by atoms with Gasteiger partial charge in [0.1, 0.15) is 10.7 Å². The molecule has 1 saturated heterocycles. The summed E-state index contributed by atoms with van der Waals surface area (Å²) in [7, 11) is 0. The molecular formula is C16H23ClN4O2S. The van der Waals surface area contributed by atoms with Gasteiger partial charge in [0.25, 0.3) is 5.56 Å². The maximum atomic E-state index is 12.3. The van der Waals surface area contributed by atoms with E-state index in [4.69, 9.17) is 5.73 Å². The van der Waals surface area contributed by atoms with Crippen molar-refractivity contribution < 1.29 is 4.79 Å². The van der Waals surface area contributed by atoms with Gasteiger partial charge in [-0.05, 0) is 32.3 Å². The van der Waals surface area contributed by atoms with Gasteiger partial charge in [-0.15, -0.1) is 23.7 Å². The number of hydrogen-bond acceptors (Lipinski definition) is 5. The van der Waals surface area contributed by atoms with Crippen LogP contribution >= 0.6 is 23.7 Å². The van der Waals surface area contributed by atoms with E-state index in [2.05, 4.69) is 9.97 Å². The maximum absolute atomic E-state index is 12.3. The van der Waals surface area contributed by atoms with Crippen molar-refractivity contribution >= 4 is 39.9 Å². The minimum atomic E-state index is -0.112. The van der Waals surface area contributed by atoms with Crippen molar-refractivity contribution in [1.29, 1.82) is 0 Å². The summed E-state index contributed by atoms with van der Waals surface area (Å²) in [4.78, 5) is 35.5. The summed E-state index contributed by atoms with van der Waals surface area (Å²) in [6, 6.07) is 0.0825. The Hall–Kier alpha value is -1.44. The van der Waals surface area contributed by atoms with E-state index in [0.717, 1.165) is 34.7 Å². The average Bonchev–Trinajstić information content (AvgIpc) is 2.80. The van der Waals surface area contributed by atoms with Gasteiger partial charge in [0, 0.05) is 36.9 Å². The van der Waals surface area contributed by atoms with Crippen LogP contribution in [0.3, 0.4) is 0 Å². The Morgan fingerprint density at radius 2 is 2.21 bits per heavy atom. The Kier molecular flexibility index (Phi) is 6.01. The number of aryl methyl sites for hydroxylation is 3. The molecule has 2 aromatic rings. The lowest BCUT2D eigenvalue weighted by molar-refractivity contribution is -0.132. The summed E-state index contributed by atoms with van der Waals surface area (Å²) in [5, 5.41) is 0.671. The molecule has 132 valence electrons. The van der Waals surface area contributed by atoms with Gasteiger partial charge in [-0.25, -0.2) is 4.98 Å². The predicted octanol–water partition coefficient (Wildman–Crippen LogP) is 1.91. The second-order valence-electron chi connectivity index (χ2n) is 6.22. The number of likely N-dealkylation sites (tertiary alicyclic amines) is 1. The van der Waals surface area contributed by atoms with Crippen LogP contribution in [-0.4, -0.2) is 39.9 Å². The van der Waals surface area contributed by atoms with Gasteiger partial charge < -0.3 is 15.6 Å². The normalized spacial score (nSPS) is 17.8. The fourth-order valence-electron chi connectivity index (χ4n) is 3.04. The summed E-state index contributed by atoms with van der Waals surface area (Å²) >= 11 is 1.53. The number of hydrogen-bond donors (Lipinski definition) is 2.